The lowest BCUT2D eigenvalue weighted by Gasteiger charge is -2.22. The zero-order valence-electron chi connectivity index (χ0n) is 13.7. The van der Waals surface area contributed by atoms with Gasteiger partial charge in [0.2, 0.25) is 0 Å². The van der Waals surface area contributed by atoms with E-state index in [-0.39, 0.29) is 11.9 Å². The van der Waals surface area contributed by atoms with E-state index in [0.717, 1.165) is 14.2 Å². The highest BCUT2D eigenvalue weighted by molar-refractivity contribution is 7.48. The largest absolute Gasteiger partial charge is 0.479 e. The number of aromatic nitrogens is 4. The molecule has 138 valence electrons. The molecule has 3 atom stereocenters. The molecule has 9 nitrogen and oxygen atoms in total. The molecule has 2 aromatic heterocycles. The molecule has 3 rings (SSSR count). The van der Waals surface area contributed by atoms with Gasteiger partial charge in [-0.15, -0.1) is 0 Å². The van der Waals surface area contributed by atoms with E-state index in [2.05, 4.69) is 28.5 Å². The van der Waals surface area contributed by atoms with Gasteiger partial charge in [0.25, 0.3) is 5.56 Å². The number of halogens is 2. The van der Waals surface area contributed by atoms with Crippen molar-refractivity contribution in [2.45, 2.75) is 25.5 Å². The van der Waals surface area contributed by atoms with Gasteiger partial charge in [-0.3, -0.25) is 13.8 Å². The quantitative estimate of drug-likeness (QED) is 0.737. The molecule has 1 aliphatic rings. The number of alkyl halides is 2. The van der Waals surface area contributed by atoms with Crippen molar-refractivity contribution in [3.8, 4) is 0 Å². The van der Waals surface area contributed by atoms with Crippen LogP contribution in [0.5, 0.6) is 0 Å². The number of imidazole rings is 1. The first kappa shape index (κ1) is 18.1. The first-order valence-electron chi connectivity index (χ1n) is 7.42. The summed E-state index contributed by atoms with van der Waals surface area (Å²) in [5.74, 6) is -1.64. The van der Waals surface area contributed by atoms with Gasteiger partial charge >= 0.3 is 13.9 Å². The van der Waals surface area contributed by atoms with Crippen molar-refractivity contribution in [2.24, 2.45) is 11.8 Å². The van der Waals surface area contributed by atoms with Gasteiger partial charge in [0.15, 0.2) is 11.2 Å². The molecule has 0 spiro atoms. The molecular weight excluding hydrogens is 361 g/mol. The van der Waals surface area contributed by atoms with Crippen molar-refractivity contribution in [1.29, 1.82) is 0 Å². The molecule has 1 aliphatic carbocycles. The molecule has 0 unspecified atom stereocenters. The monoisotopic (exact) mass is 378 g/mol. The predicted molar refractivity (Wildman–Crippen MR) is 82.1 cm³/mol. The number of nitrogens with zero attached hydrogens (tertiary/aromatic N) is 3. The molecule has 1 fully saturated rings. The first-order valence-corrected chi connectivity index (χ1v) is 8.89. The average Bonchev–Trinajstić information content (AvgIpc) is 3.28. The van der Waals surface area contributed by atoms with E-state index in [4.69, 9.17) is 0 Å². The number of hydrogen-bond acceptors (Lipinski definition) is 7. The number of aromatic amines is 1. The van der Waals surface area contributed by atoms with Gasteiger partial charge in [-0.25, -0.2) is 19.1 Å². The van der Waals surface area contributed by atoms with E-state index in [9.17, 15) is 18.1 Å². The Hall–Kier alpha value is -1.68. The Morgan fingerprint density at radius 3 is 2.72 bits per heavy atom. The molecular formula is C13H17F2N4O5P. The van der Waals surface area contributed by atoms with Crippen LogP contribution >= 0.6 is 7.82 Å². The van der Waals surface area contributed by atoms with Crippen molar-refractivity contribution in [2.75, 3.05) is 14.2 Å². The summed E-state index contributed by atoms with van der Waals surface area (Å²) < 4.78 is 55.0. The number of H-pyrrole nitrogens is 1. The van der Waals surface area contributed by atoms with Crippen molar-refractivity contribution < 1.29 is 26.9 Å². The number of rotatable bonds is 7. The van der Waals surface area contributed by atoms with Crippen LogP contribution in [0.4, 0.5) is 8.78 Å². The molecule has 0 bridgehead atoms. The predicted octanol–water partition coefficient (Wildman–Crippen LogP) is 2.33. The highest BCUT2D eigenvalue weighted by atomic mass is 31.2. The van der Waals surface area contributed by atoms with E-state index in [1.54, 1.807) is 11.5 Å². The van der Waals surface area contributed by atoms with Crippen molar-refractivity contribution in [3.63, 3.8) is 0 Å². The summed E-state index contributed by atoms with van der Waals surface area (Å²) >= 11 is 0. The van der Waals surface area contributed by atoms with Crippen molar-refractivity contribution in [3.05, 3.63) is 23.0 Å². The van der Waals surface area contributed by atoms with Crippen LogP contribution in [0.15, 0.2) is 17.4 Å². The summed E-state index contributed by atoms with van der Waals surface area (Å²) in [5, 5.41) is 0. The Balaban J connectivity index is 1.79. The molecule has 0 aliphatic heterocycles. The third-order valence-corrected chi connectivity index (χ3v) is 5.74. The lowest BCUT2D eigenvalue weighted by molar-refractivity contribution is -0.207. The summed E-state index contributed by atoms with van der Waals surface area (Å²) in [7, 11) is -2.37. The third kappa shape index (κ3) is 3.24. The second kappa shape index (κ2) is 6.24. The minimum atomic E-state index is -4.31. The van der Waals surface area contributed by atoms with Gasteiger partial charge < -0.3 is 9.55 Å². The maximum absolute atomic E-state index is 14.3. The van der Waals surface area contributed by atoms with Crippen molar-refractivity contribution >= 4 is 19.0 Å². The second-order valence-electron chi connectivity index (χ2n) is 5.77. The third-order valence-electron chi connectivity index (χ3n) is 4.38. The Labute approximate surface area is 140 Å². The molecule has 2 heterocycles. The number of fused-ring (bicyclic) bond motifs is 1. The number of phosphoric ester groups is 1. The normalized spacial score (nSPS) is 22.3. The highest BCUT2D eigenvalue weighted by Crippen LogP contribution is 2.61. The first-order chi connectivity index (χ1) is 11.7. The Bertz CT molecular complexity index is 877. The van der Waals surface area contributed by atoms with Crippen LogP contribution in [0.1, 0.15) is 19.4 Å². The van der Waals surface area contributed by atoms with Gasteiger partial charge in [0, 0.05) is 20.3 Å². The highest BCUT2D eigenvalue weighted by Gasteiger charge is 2.61. The lowest BCUT2D eigenvalue weighted by atomic mass is 10.1. The summed E-state index contributed by atoms with van der Waals surface area (Å²) in [5.41, 5.74) is 0.0431. The molecule has 1 saturated carbocycles. The van der Waals surface area contributed by atoms with Gasteiger partial charge in [-0.1, -0.05) is 0 Å². The minimum Gasteiger partial charge on any atom is -0.312 e. The van der Waals surface area contributed by atoms with Crippen LogP contribution in [0.2, 0.25) is 0 Å². The maximum atomic E-state index is 14.3. The minimum absolute atomic E-state index is 0.137. The molecule has 0 saturated heterocycles. The Morgan fingerprint density at radius 2 is 2.08 bits per heavy atom. The van der Waals surface area contributed by atoms with Crippen LogP contribution in [0.25, 0.3) is 11.2 Å². The molecule has 12 heteroatoms. The number of phosphoric acid groups is 1. The lowest BCUT2D eigenvalue weighted by Crippen LogP contribution is -2.25. The molecule has 0 amide bonds. The standard InChI is InChI=1S/C13H17F2N4O5P/c1-7(19-6-18-10-11(19)16-5-17-12(10)20)8-4-9(8)13(14,15)24-25(21,22-2)23-3/h5-9H,4H2,1-3H3,(H,16,17,20)/t7-,8-,9+/m0/s1. The van der Waals surface area contributed by atoms with E-state index in [1.165, 1.54) is 12.7 Å². The average molecular weight is 378 g/mol. The second-order valence-corrected chi connectivity index (χ2v) is 7.58. The van der Waals surface area contributed by atoms with Crippen LogP contribution in [-0.2, 0) is 18.1 Å². The topological polar surface area (TPSA) is 108 Å². The summed E-state index contributed by atoms with van der Waals surface area (Å²) in [6.45, 7) is 1.72. The Kier molecular flexibility index (Phi) is 4.52. The molecule has 25 heavy (non-hydrogen) atoms. The van der Waals surface area contributed by atoms with Gasteiger partial charge in [-0.2, -0.15) is 8.78 Å². The number of nitrogens with one attached hydrogen (secondary N) is 1. The molecule has 1 N–H and O–H groups in total. The van der Waals surface area contributed by atoms with Gasteiger partial charge in [0.05, 0.1) is 18.6 Å². The van der Waals surface area contributed by atoms with Gasteiger partial charge in [-0.05, 0) is 19.3 Å². The molecule has 0 aromatic carbocycles. The summed E-state index contributed by atoms with van der Waals surface area (Å²) in [6.07, 6.45) is -0.918. The zero-order chi connectivity index (χ0) is 18.4. The van der Waals surface area contributed by atoms with E-state index >= 15 is 0 Å². The SMILES string of the molecule is COP(=O)(OC)OC(F)(F)[C@@H]1C[C@H]1[C@H](C)n1cnc2c(=O)[nH]cnc21. The fraction of sp³-hybridized carbons (Fsp3) is 0.615. The zero-order valence-corrected chi connectivity index (χ0v) is 14.6. The van der Waals surface area contributed by atoms with Crippen molar-refractivity contribution in [1.82, 2.24) is 19.5 Å². The van der Waals surface area contributed by atoms with Crippen LogP contribution < -0.4 is 5.56 Å². The fourth-order valence-corrected chi connectivity index (χ4v) is 3.60. The summed E-state index contributed by atoms with van der Waals surface area (Å²) in [6, 6.07) is -0.414. The maximum Gasteiger partial charge on any atom is 0.479 e. The molecule has 2 aromatic rings. The van der Waals surface area contributed by atoms with Gasteiger partial charge in [0.1, 0.15) is 0 Å². The van der Waals surface area contributed by atoms with E-state index in [0.29, 0.717) is 5.65 Å². The van der Waals surface area contributed by atoms with E-state index < -0.39 is 37.4 Å². The Morgan fingerprint density at radius 1 is 1.40 bits per heavy atom. The van der Waals surface area contributed by atoms with Crippen LogP contribution in [-0.4, -0.2) is 39.8 Å². The summed E-state index contributed by atoms with van der Waals surface area (Å²) in [4.78, 5) is 22.1. The smallest absolute Gasteiger partial charge is 0.312 e. The number of hydrogen-bond donors (Lipinski definition) is 1. The molecule has 0 radical (unpaired) electrons. The van der Waals surface area contributed by atoms with Crippen LogP contribution in [0.3, 0.4) is 0 Å². The fourth-order valence-electron chi connectivity index (χ4n) is 2.87. The van der Waals surface area contributed by atoms with E-state index in [1.807, 2.05) is 0 Å². The van der Waals surface area contributed by atoms with Crippen LogP contribution in [0, 0.1) is 11.8 Å².